The van der Waals surface area contributed by atoms with Gasteiger partial charge in [-0.05, 0) is 12.0 Å². The Morgan fingerprint density at radius 1 is 1.07 bits per heavy atom. The highest BCUT2D eigenvalue weighted by atomic mass is 14.9. The topological polar surface area (TPSA) is 41.6 Å². The van der Waals surface area contributed by atoms with E-state index in [1.54, 1.807) is 12.4 Å². The van der Waals surface area contributed by atoms with E-state index in [0.29, 0.717) is 0 Å². The van der Waals surface area contributed by atoms with Gasteiger partial charge in [0.2, 0.25) is 0 Å². The van der Waals surface area contributed by atoms with Crippen LogP contribution >= 0.6 is 0 Å². The summed E-state index contributed by atoms with van der Waals surface area (Å²) in [5.74, 6) is 0.833. The van der Waals surface area contributed by atoms with Crippen molar-refractivity contribution in [2.45, 2.75) is 34.6 Å². The van der Waals surface area contributed by atoms with Crippen LogP contribution in [-0.4, -0.2) is 15.0 Å². The van der Waals surface area contributed by atoms with Gasteiger partial charge in [0, 0.05) is 18.6 Å². The molecule has 0 fully saturated rings. The summed E-state index contributed by atoms with van der Waals surface area (Å²) in [5, 5.41) is 0. The number of aromatic nitrogens is 3. The van der Waals surface area contributed by atoms with Gasteiger partial charge < -0.3 is 4.98 Å². The number of aromatic amines is 1. The Bertz CT molecular complexity index is 319. The number of fused-ring (bicyclic) bond motifs is 1. The molecule has 0 aliphatic carbocycles. The fourth-order valence-electron chi connectivity index (χ4n) is 0.781. The molecule has 84 valence electrons. The smallest absolute Gasteiger partial charge is 0.155 e. The van der Waals surface area contributed by atoms with Crippen molar-refractivity contribution in [3.63, 3.8) is 0 Å². The average Bonchev–Trinajstić information content (AvgIpc) is 2.67. The third kappa shape index (κ3) is 5.83. The number of H-pyrrole nitrogens is 1. The highest BCUT2D eigenvalue weighted by Crippen LogP contribution is 2.01. The molecule has 0 atom stereocenters. The highest BCUT2D eigenvalue weighted by Gasteiger charge is 1.90. The molecule has 2 aromatic rings. The van der Waals surface area contributed by atoms with Crippen LogP contribution in [-0.2, 0) is 0 Å². The summed E-state index contributed by atoms with van der Waals surface area (Å²) in [6.07, 6.45) is 5.17. The first-order valence-corrected chi connectivity index (χ1v) is 5.44. The van der Waals surface area contributed by atoms with Gasteiger partial charge in [-0.15, -0.1) is 0 Å². The summed E-state index contributed by atoms with van der Waals surface area (Å²) in [6, 6.07) is 1.89. The Kier molecular flexibility index (Phi) is 7.24. The van der Waals surface area contributed by atoms with E-state index in [0.717, 1.165) is 17.1 Å². The zero-order valence-electron chi connectivity index (χ0n) is 10.3. The minimum Gasteiger partial charge on any atom is -0.345 e. The lowest BCUT2D eigenvalue weighted by molar-refractivity contribution is 0.737. The third-order valence-corrected chi connectivity index (χ3v) is 1.19. The van der Waals surface area contributed by atoms with E-state index in [2.05, 4.69) is 35.7 Å². The molecule has 1 N–H and O–H groups in total. The number of nitrogens with zero attached hydrogens (tertiary/aromatic N) is 2. The Morgan fingerprint density at radius 3 is 2.13 bits per heavy atom. The molecule has 3 heteroatoms. The second-order valence-corrected chi connectivity index (χ2v) is 3.50. The van der Waals surface area contributed by atoms with Gasteiger partial charge in [0.15, 0.2) is 5.65 Å². The number of hydrogen-bond acceptors (Lipinski definition) is 2. The first-order valence-electron chi connectivity index (χ1n) is 5.44. The zero-order chi connectivity index (χ0) is 11.7. The maximum atomic E-state index is 4.05. The first-order chi connectivity index (χ1) is 7.20. The van der Waals surface area contributed by atoms with Crippen LogP contribution in [0.1, 0.15) is 34.6 Å². The van der Waals surface area contributed by atoms with Crippen molar-refractivity contribution in [2.75, 3.05) is 0 Å². The summed E-state index contributed by atoms with van der Waals surface area (Å²) < 4.78 is 0. The molecular weight excluding hydrogens is 186 g/mol. The first kappa shape index (κ1) is 13.6. The predicted molar refractivity (Wildman–Crippen MR) is 65.7 cm³/mol. The summed E-state index contributed by atoms with van der Waals surface area (Å²) in [7, 11) is 0. The lowest BCUT2D eigenvalue weighted by atomic mass is 10.3. The van der Waals surface area contributed by atoms with Crippen LogP contribution in [0.3, 0.4) is 0 Å². The van der Waals surface area contributed by atoms with Crippen molar-refractivity contribution < 1.29 is 0 Å². The Morgan fingerprint density at radius 2 is 1.60 bits per heavy atom. The molecule has 15 heavy (non-hydrogen) atoms. The lowest BCUT2D eigenvalue weighted by Gasteiger charge is -1.81. The third-order valence-electron chi connectivity index (χ3n) is 1.19. The largest absolute Gasteiger partial charge is 0.345 e. The van der Waals surface area contributed by atoms with E-state index in [1.165, 1.54) is 0 Å². The molecule has 0 unspecified atom stereocenters. The van der Waals surface area contributed by atoms with E-state index in [4.69, 9.17) is 0 Å². The number of hydrogen-bond donors (Lipinski definition) is 1. The minimum atomic E-state index is 0.833. The standard InChI is InChI=1S/C6H5N3.C4H10.C2H6/c1-2-8-6-5(1)7-3-4-9-6;1-4(2)3;1-2/h1-4H,(H,8,9);4H,1-3H3;1-2H3. The van der Waals surface area contributed by atoms with Crippen molar-refractivity contribution in [2.24, 2.45) is 5.92 Å². The molecule has 0 aromatic carbocycles. The Balaban J connectivity index is 0.000000282. The van der Waals surface area contributed by atoms with Gasteiger partial charge in [-0.1, -0.05) is 34.6 Å². The van der Waals surface area contributed by atoms with Crippen LogP contribution in [0.15, 0.2) is 24.7 Å². The molecule has 0 spiro atoms. The average molecular weight is 207 g/mol. The fraction of sp³-hybridized carbons (Fsp3) is 0.500. The van der Waals surface area contributed by atoms with E-state index >= 15 is 0 Å². The van der Waals surface area contributed by atoms with Crippen molar-refractivity contribution >= 4 is 11.2 Å². The molecule has 2 aromatic heterocycles. The summed E-state index contributed by atoms with van der Waals surface area (Å²) in [6.45, 7) is 10.5. The van der Waals surface area contributed by atoms with Crippen molar-refractivity contribution in [3.8, 4) is 0 Å². The van der Waals surface area contributed by atoms with Crippen molar-refractivity contribution in [1.82, 2.24) is 15.0 Å². The molecule has 0 amide bonds. The van der Waals surface area contributed by atoms with Crippen molar-refractivity contribution in [1.29, 1.82) is 0 Å². The Labute approximate surface area is 92.0 Å². The maximum absolute atomic E-state index is 4.05. The Hall–Kier alpha value is -1.38. The van der Waals surface area contributed by atoms with E-state index in [-0.39, 0.29) is 0 Å². The molecule has 2 heterocycles. The molecule has 2 rings (SSSR count). The molecular formula is C12H21N3. The molecule has 0 aliphatic heterocycles. The second-order valence-electron chi connectivity index (χ2n) is 3.50. The summed E-state index contributed by atoms with van der Waals surface area (Å²) in [5.41, 5.74) is 1.76. The quantitative estimate of drug-likeness (QED) is 0.716. The normalized spacial score (nSPS) is 8.93. The van der Waals surface area contributed by atoms with Gasteiger partial charge in [0.05, 0.1) is 0 Å². The van der Waals surface area contributed by atoms with Gasteiger partial charge in [-0.3, -0.25) is 4.98 Å². The molecule has 0 radical (unpaired) electrons. The molecule has 0 saturated carbocycles. The van der Waals surface area contributed by atoms with Gasteiger partial charge in [0.25, 0.3) is 0 Å². The van der Waals surface area contributed by atoms with Gasteiger partial charge in [0.1, 0.15) is 5.52 Å². The molecule has 0 saturated heterocycles. The van der Waals surface area contributed by atoms with E-state index < -0.39 is 0 Å². The minimum absolute atomic E-state index is 0.833. The van der Waals surface area contributed by atoms with Gasteiger partial charge >= 0.3 is 0 Å². The monoisotopic (exact) mass is 207 g/mol. The second kappa shape index (κ2) is 7.97. The van der Waals surface area contributed by atoms with Crippen molar-refractivity contribution in [3.05, 3.63) is 24.7 Å². The number of nitrogens with one attached hydrogen (secondary N) is 1. The zero-order valence-corrected chi connectivity index (χ0v) is 10.3. The van der Waals surface area contributed by atoms with Crippen LogP contribution < -0.4 is 0 Å². The SMILES string of the molecule is CC.CC(C)C.c1cnc2[nH]ccc2n1. The molecule has 0 bridgehead atoms. The fourth-order valence-corrected chi connectivity index (χ4v) is 0.781. The highest BCUT2D eigenvalue weighted by molar-refractivity contribution is 5.69. The van der Waals surface area contributed by atoms with Crippen LogP contribution in [0.5, 0.6) is 0 Å². The van der Waals surface area contributed by atoms with Crippen LogP contribution in [0.4, 0.5) is 0 Å². The van der Waals surface area contributed by atoms with E-state index in [1.807, 2.05) is 26.1 Å². The van der Waals surface area contributed by atoms with Gasteiger partial charge in [-0.25, -0.2) is 4.98 Å². The van der Waals surface area contributed by atoms with Crippen LogP contribution in [0, 0.1) is 5.92 Å². The summed E-state index contributed by atoms with van der Waals surface area (Å²) >= 11 is 0. The van der Waals surface area contributed by atoms with Crippen LogP contribution in [0.25, 0.3) is 11.2 Å². The molecule has 0 aliphatic rings. The summed E-state index contributed by atoms with van der Waals surface area (Å²) in [4.78, 5) is 11.0. The maximum Gasteiger partial charge on any atom is 0.155 e. The van der Waals surface area contributed by atoms with Crippen LogP contribution in [0.2, 0.25) is 0 Å². The van der Waals surface area contributed by atoms with E-state index in [9.17, 15) is 0 Å². The predicted octanol–water partition coefficient (Wildman–Crippen LogP) is 3.65. The lowest BCUT2D eigenvalue weighted by Crippen LogP contribution is -1.75. The molecule has 3 nitrogen and oxygen atoms in total. The van der Waals surface area contributed by atoms with Gasteiger partial charge in [-0.2, -0.15) is 0 Å². The number of rotatable bonds is 0.